The molecular formula is C22H29NO4. The predicted octanol–water partition coefficient (Wildman–Crippen LogP) is 4.55. The number of hydrogen-bond acceptors (Lipinski definition) is 4. The molecule has 0 spiro atoms. The first kappa shape index (κ1) is 20.8. The van der Waals surface area contributed by atoms with E-state index in [0.29, 0.717) is 24.8 Å². The lowest BCUT2D eigenvalue weighted by Gasteiger charge is -2.19. The third-order valence-corrected chi connectivity index (χ3v) is 4.14. The fraction of sp³-hybridized carbons (Fsp3) is 0.409. The van der Waals surface area contributed by atoms with Gasteiger partial charge in [0, 0.05) is 12.8 Å². The number of benzene rings is 2. The number of carbonyl (C=O) groups is 1. The standard InChI is InChI=1S/C22H29NO4/c1-15(2)20-11-6-16(3)14-21(20)27-17(4)22(24)23-18-7-9-19(10-8-18)26-13-12-25-5/h6-11,14-15,17H,12-13H2,1-5H3,(H,23,24). The Balaban J connectivity index is 1.97. The molecule has 1 atom stereocenters. The molecule has 2 rings (SSSR count). The van der Waals surface area contributed by atoms with E-state index >= 15 is 0 Å². The van der Waals surface area contributed by atoms with Crippen molar-refractivity contribution in [3.8, 4) is 11.5 Å². The first-order valence-corrected chi connectivity index (χ1v) is 9.20. The minimum absolute atomic E-state index is 0.195. The van der Waals surface area contributed by atoms with Gasteiger partial charge in [-0.25, -0.2) is 0 Å². The molecule has 0 heterocycles. The van der Waals surface area contributed by atoms with Crippen LogP contribution in [0, 0.1) is 6.92 Å². The number of hydrogen-bond donors (Lipinski definition) is 1. The molecule has 1 unspecified atom stereocenters. The Hall–Kier alpha value is -2.53. The molecule has 5 nitrogen and oxygen atoms in total. The van der Waals surface area contributed by atoms with Crippen molar-refractivity contribution in [2.24, 2.45) is 0 Å². The van der Waals surface area contributed by atoms with Gasteiger partial charge in [-0.3, -0.25) is 4.79 Å². The summed E-state index contributed by atoms with van der Waals surface area (Å²) in [5.74, 6) is 1.62. The highest BCUT2D eigenvalue weighted by Crippen LogP contribution is 2.28. The summed E-state index contributed by atoms with van der Waals surface area (Å²) in [6, 6.07) is 13.3. The van der Waals surface area contributed by atoms with Gasteiger partial charge in [-0.05, 0) is 61.2 Å². The highest BCUT2D eigenvalue weighted by atomic mass is 16.5. The van der Waals surface area contributed by atoms with E-state index in [1.54, 1.807) is 26.2 Å². The Kier molecular flexibility index (Phi) is 7.67. The third kappa shape index (κ3) is 6.29. The summed E-state index contributed by atoms with van der Waals surface area (Å²) < 4.78 is 16.4. The van der Waals surface area contributed by atoms with Gasteiger partial charge >= 0.3 is 0 Å². The maximum atomic E-state index is 12.5. The van der Waals surface area contributed by atoms with E-state index in [1.165, 1.54) is 0 Å². The van der Waals surface area contributed by atoms with Gasteiger partial charge in [0.2, 0.25) is 0 Å². The molecular weight excluding hydrogens is 342 g/mol. The summed E-state index contributed by atoms with van der Waals surface area (Å²) in [7, 11) is 1.63. The summed E-state index contributed by atoms with van der Waals surface area (Å²) in [4.78, 5) is 12.5. The van der Waals surface area contributed by atoms with Crippen LogP contribution < -0.4 is 14.8 Å². The lowest BCUT2D eigenvalue weighted by atomic mass is 10.0. The highest BCUT2D eigenvalue weighted by Gasteiger charge is 2.18. The van der Waals surface area contributed by atoms with Crippen molar-refractivity contribution in [3.05, 3.63) is 53.6 Å². The van der Waals surface area contributed by atoms with Crippen LogP contribution in [-0.2, 0) is 9.53 Å². The van der Waals surface area contributed by atoms with Gasteiger partial charge in [-0.15, -0.1) is 0 Å². The van der Waals surface area contributed by atoms with Crippen LogP contribution in [0.4, 0.5) is 5.69 Å². The summed E-state index contributed by atoms with van der Waals surface area (Å²) in [5, 5.41) is 2.88. The lowest BCUT2D eigenvalue weighted by Crippen LogP contribution is -2.30. The predicted molar refractivity (Wildman–Crippen MR) is 108 cm³/mol. The Morgan fingerprint density at radius 1 is 1.04 bits per heavy atom. The Bertz CT molecular complexity index is 740. The molecule has 0 aliphatic carbocycles. The second-order valence-corrected chi connectivity index (χ2v) is 6.81. The van der Waals surface area contributed by atoms with Crippen molar-refractivity contribution in [2.45, 2.75) is 39.7 Å². The van der Waals surface area contributed by atoms with E-state index in [4.69, 9.17) is 14.2 Å². The number of anilines is 1. The minimum Gasteiger partial charge on any atom is -0.491 e. The number of amides is 1. The second-order valence-electron chi connectivity index (χ2n) is 6.81. The SMILES string of the molecule is COCCOc1ccc(NC(=O)C(C)Oc2cc(C)ccc2C(C)C)cc1. The zero-order chi connectivity index (χ0) is 19.8. The Morgan fingerprint density at radius 3 is 2.37 bits per heavy atom. The molecule has 0 bridgehead atoms. The van der Waals surface area contributed by atoms with E-state index < -0.39 is 6.10 Å². The molecule has 0 aliphatic rings. The quantitative estimate of drug-likeness (QED) is 0.657. The molecule has 146 valence electrons. The fourth-order valence-corrected chi connectivity index (χ4v) is 2.59. The molecule has 2 aromatic carbocycles. The second kappa shape index (κ2) is 9.97. The van der Waals surface area contributed by atoms with Gasteiger partial charge in [-0.1, -0.05) is 26.0 Å². The maximum absolute atomic E-state index is 12.5. The molecule has 5 heteroatoms. The van der Waals surface area contributed by atoms with Crippen LogP contribution in [-0.4, -0.2) is 32.3 Å². The third-order valence-electron chi connectivity index (χ3n) is 4.14. The topological polar surface area (TPSA) is 56.8 Å². The van der Waals surface area contributed by atoms with E-state index in [1.807, 2.05) is 25.1 Å². The van der Waals surface area contributed by atoms with E-state index in [-0.39, 0.29) is 5.91 Å². The molecule has 0 saturated heterocycles. The van der Waals surface area contributed by atoms with Gasteiger partial charge in [0.25, 0.3) is 5.91 Å². The minimum atomic E-state index is -0.609. The van der Waals surface area contributed by atoms with Crippen LogP contribution in [0.15, 0.2) is 42.5 Å². The molecule has 0 aliphatic heterocycles. The van der Waals surface area contributed by atoms with E-state index in [9.17, 15) is 4.79 Å². The molecule has 0 saturated carbocycles. The molecule has 27 heavy (non-hydrogen) atoms. The van der Waals surface area contributed by atoms with Crippen molar-refractivity contribution < 1.29 is 19.0 Å². The van der Waals surface area contributed by atoms with Crippen molar-refractivity contribution in [3.63, 3.8) is 0 Å². The Morgan fingerprint density at radius 2 is 1.74 bits per heavy atom. The Labute approximate surface area is 161 Å². The number of methoxy groups -OCH3 is 1. The average Bonchev–Trinajstić information content (AvgIpc) is 2.63. The largest absolute Gasteiger partial charge is 0.491 e. The van der Waals surface area contributed by atoms with Crippen LogP contribution in [0.25, 0.3) is 0 Å². The summed E-state index contributed by atoms with van der Waals surface area (Å²) >= 11 is 0. The number of aryl methyl sites for hydroxylation is 1. The van der Waals surface area contributed by atoms with Crippen molar-refractivity contribution in [1.82, 2.24) is 0 Å². The molecule has 0 radical (unpaired) electrons. The summed E-state index contributed by atoms with van der Waals surface area (Å²) in [6.45, 7) is 9.01. The van der Waals surface area contributed by atoms with Gasteiger partial charge in [-0.2, -0.15) is 0 Å². The van der Waals surface area contributed by atoms with E-state index in [2.05, 4.69) is 31.3 Å². The van der Waals surface area contributed by atoms with Gasteiger partial charge in [0.05, 0.1) is 6.61 Å². The van der Waals surface area contributed by atoms with Gasteiger partial charge < -0.3 is 19.5 Å². The van der Waals surface area contributed by atoms with Gasteiger partial charge in [0.1, 0.15) is 18.1 Å². The first-order chi connectivity index (χ1) is 12.9. The number of nitrogens with one attached hydrogen (secondary N) is 1. The molecule has 2 aromatic rings. The van der Waals surface area contributed by atoms with Crippen molar-refractivity contribution in [1.29, 1.82) is 0 Å². The number of ether oxygens (including phenoxy) is 3. The molecule has 0 fully saturated rings. The van der Waals surface area contributed by atoms with Crippen molar-refractivity contribution >= 4 is 11.6 Å². The van der Waals surface area contributed by atoms with Crippen LogP contribution in [0.2, 0.25) is 0 Å². The van der Waals surface area contributed by atoms with Crippen molar-refractivity contribution in [2.75, 3.05) is 25.6 Å². The zero-order valence-corrected chi connectivity index (χ0v) is 16.7. The maximum Gasteiger partial charge on any atom is 0.265 e. The molecule has 1 N–H and O–H groups in total. The highest BCUT2D eigenvalue weighted by molar-refractivity contribution is 5.94. The molecule has 0 aromatic heterocycles. The monoisotopic (exact) mass is 371 g/mol. The zero-order valence-electron chi connectivity index (χ0n) is 16.7. The summed E-state index contributed by atoms with van der Waals surface area (Å²) in [6.07, 6.45) is -0.609. The average molecular weight is 371 g/mol. The summed E-state index contributed by atoms with van der Waals surface area (Å²) in [5.41, 5.74) is 2.90. The van der Waals surface area contributed by atoms with Crippen LogP contribution >= 0.6 is 0 Å². The molecule has 1 amide bonds. The van der Waals surface area contributed by atoms with E-state index in [0.717, 1.165) is 22.6 Å². The number of carbonyl (C=O) groups excluding carboxylic acids is 1. The van der Waals surface area contributed by atoms with Crippen LogP contribution in [0.5, 0.6) is 11.5 Å². The van der Waals surface area contributed by atoms with Crippen LogP contribution in [0.3, 0.4) is 0 Å². The first-order valence-electron chi connectivity index (χ1n) is 9.20. The fourth-order valence-electron chi connectivity index (χ4n) is 2.59. The lowest BCUT2D eigenvalue weighted by molar-refractivity contribution is -0.122. The normalized spacial score (nSPS) is 11.9. The van der Waals surface area contributed by atoms with Gasteiger partial charge in [0.15, 0.2) is 6.10 Å². The smallest absolute Gasteiger partial charge is 0.265 e. The number of rotatable bonds is 9. The van der Waals surface area contributed by atoms with Crippen LogP contribution in [0.1, 0.15) is 37.8 Å².